The monoisotopic (exact) mass is 257 g/mol. The molecule has 19 heavy (non-hydrogen) atoms. The first-order chi connectivity index (χ1) is 9.28. The second kappa shape index (κ2) is 5.01. The van der Waals surface area contributed by atoms with Crippen molar-refractivity contribution in [1.29, 1.82) is 0 Å². The zero-order valence-electron chi connectivity index (χ0n) is 11.7. The Labute approximate surface area is 114 Å². The maximum absolute atomic E-state index is 9.13. The highest BCUT2D eigenvalue weighted by Gasteiger charge is 2.33. The molecule has 0 radical (unpaired) electrons. The van der Waals surface area contributed by atoms with Crippen molar-refractivity contribution in [2.45, 2.75) is 45.4 Å². The van der Waals surface area contributed by atoms with E-state index < -0.39 is 0 Å². The van der Waals surface area contributed by atoms with E-state index >= 15 is 0 Å². The Morgan fingerprint density at radius 2 is 2.16 bits per heavy atom. The summed E-state index contributed by atoms with van der Waals surface area (Å²) >= 11 is 0. The van der Waals surface area contributed by atoms with Crippen LogP contribution in [-0.4, -0.2) is 16.7 Å². The SMILES string of the molecule is CCC1(CCCO)CCc2[nH]c3ccccc3c2C1. The lowest BCUT2D eigenvalue weighted by molar-refractivity contribution is 0.182. The van der Waals surface area contributed by atoms with Crippen molar-refractivity contribution >= 4 is 10.9 Å². The summed E-state index contributed by atoms with van der Waals surface area (Å²) in [7, 11) is 0. The van der Waals surface area contributed by atoms with Gasteiger partial charge in [0, 0.05) is 23.2 Å². The normalized spacial score (nSPS) is 22.6. The fourth-order valence-electron chi connectivity index (χ4n) is 3.67. The molecule has 2 nitrogen and oxygen atoms in total. The lowest BCUT2D eigenvalue weighted by Crippen LogP contribution is -2.28. The van der Waals surface area contributed by atoms with Gasteiger partial charge in [0.15, 0.2) is 0 Å². The van der Waals surface area contributed by atoms with E-state index in [-0.39, 0.29) is 0 Å². The van der Waals surface area contributed by atoms with Gasteiger partial charge in [0.2, 0.25) is 0 Å². The highest BCUT2D eigenvalue weighted by Crippen LogP contribution is 2.43. The van der Waals surface area contributed by atoms with Crippen molar-refractivity contribution in [3.8, 4) is 0 Å². The van der Waals surface area contributed by atoms with Crippen molar-refractivity contribution in [2.75, 3.05) is 6.61 Å². The highest BCUT2D eigenvalue weighted by molar-refractivity contribution is 5.84. The number of aliphatic hydroxyl groups is 1. The van der Waals surface area contributed by atoms with Gasteiger partial charge < -0.3 is 10.1 Å². The van der Waals surface area contributed by atoms with E-state index in [2.05, 4.69) is 36.2 Å². The van der Waals surface area contributed by atoms with Gasteiger partial charge in [-0.05, 0) is 49.1 Å². The molecule has 2 aromatic rings. The summed E-state index contributed by atoms with van der Waals surface area (Å²) in [6.45, 7) is 2.62. The predicted octanol–water partition coefficient (Wildman–Crippen LogP) is 3.83. The Hall–Kier alpha value is -1.28. The fourth-order valence-corrected chi connectivity index (χ4v) is 3.67. The molecule has 1 aromatic heterocycles. The number of aryl methyl sites for hydroxylation is 1. The highest BCUT2D eigenvalue weighted by atomic mass is 16.2. The van der Waals surface area contributed by atoms with Crippen LogP contribution in [0.3, 0.4) is 0 Å². The Bertz CT molecular complexity index is 572. The molecule has 0 aliphatic heterocycles. The zero-order valence-corrected chi connectivity index (χ0v) is 11.7. The molecule has 2 N–H and O–H groups in total. The van der Waals surface area contributed by atoms with E-state index in [1.165, 1.54) is 41.4 Å². The summed E-state index contributed by atoms with van der Waals surface area (Å²) in [5.74, 6) is 0. The number of aliphatic hydroxyl groups excluding tert-OH is 1. The molecule has 1 heterocycles. The summed E-state index contributed by atoms with van der Waals surface area (Å²) in [5.41, 5.74) is 4.65. The van der Waals surface area contributed by atoms with Crippen molar-refractivity contribution in [3.63, 3.8) is 0 Å². The third-order valence-electron chi connectivity index (χ3n) is 4.97. The molecule has 1 aromatic carbocycles. The van der Waals surface area contributed by atoms with Gasteiger partial charge in [-0.1, -0.05) is 31.5 Å². The average Bonchev–Trinajstić information content (AvgIpc) is 2.83. The number of hydrogen-bond acceptors (Lipinski definition) is 1. The van der Waals surface area contributed by atoms with E-state index in [0.29, 0.717) is 12.0 Å². The Balaban J connectivity index is 1.97. The first kappa shape index (κ1) is 12.7. The van der Waals surface area contributed by atoms with Gasteiger partial charge in [0.25, 0.3) is 0 Å². The molecule has 1 atom stereocenters. The second-order valence-corrected chi connectivity index (χ2v) is 5.99. The molecule has 102 valence electrons. The van der Waals surface area contributed by atoms with Crippen LogP contribution in [0, 0.1) is 5.41 Å². The summed E-state index contributed by atoms with van der Waals surface area (Å²) in [6.07, 6.45) is 6.88. The standard InChI is InChI=1S/C17H23NO/c1-2-17(9-5-11-19)10-8-16-14(12-17)13-6-3-4-7-15(13)18-16/h3-4,6-7,18-19H,2,5,8-12H2,1H3. The second-order valence-electron chi connectivity index (χ2n) is 5.99. The van der Waals surface area contributed by atoms with Crippen molar-refractivity contribution in [1.82, 2.24) is 4.98 Å². The van der Waals surface area contributed by atoms with Gasteiger partial charge >= 0.3 is 0 Å². The molecule has 2 heteroatoms. The van der Waals surface area contributed by atoms with Crippen LogP contribution in [0.2, 0.25) is 0 Å². The molecule has 1 aliphatic carbocycles. The number of fused-ring (bicyclic) bond motifs is 3. The largest absolute Gasteiger partial charge is 0.396 e. The van der Waals surface area contributed by atoms with Crippen LogP contribution >= 0.6 is 0 Å². The predicted molar refractivity (Wildman–Crippen MR) is 79.4 cm³/mol. The molecular weight excluding hydrogens is 234 g/mol. The maximum Gasteiger partial charge on any atom is 0.0458 e. The van der Waals surface area contributed by atoms with Gasteiger partial charge in [0.1, 0.15) is 0 Å². The van der Waals surface area contributed by atoms with Crippen LogP contribution in [-0.2, 0) is 12.8 Å². The first-order valence-electron chi connectivity index (χ1n) is 7.47. The number of para-hydroxylation sites is 1. The van der Waals surface area contributed by atoms with Gasteiger partial charge in [0.05, 0.1) is 0 Å². The molecule has 0 bridgehead atoms. The molecular formula is C17H23NO. The summed E-state index contributed by atoms with van der Waals surface area (Å²) in [4.78, 5) is 3.58. The Morgan fingerprint density at radius 3 is 2.95 bits per heavy atom. The fraction of sp³-hybridized carbons (Fsp3) is 0.529. The zero-order chi connectivity index (χ0) is 13.3. The Morgan fingerprint density at radius 1 is 1.32 bits per heavy atom. The number of aromatic amines is 1. The smallest absolute Gasteiger partial charge is 0.0458 e. The van der Waals surface area contributed by atoms with E-state index in [4.69, 9.17) is 5.11 Å². The van der Waals surface area contributed by atoms with E-state index in [1.807, 2.05) is 0 Å². The summed E-state index contributed by atoms with van der Waals surface area (Å²) in [5, 5.41) is 10.5. The summed E-state index contributed by atoms with van der Waals surface area (Å²) in [6, 6.07) is 8.65. The van der Waals surface area contributed by atoms with Crippen LogP contribution in [0.15, 0.2) is 24.3 Å². The summed E-state index contributed by atoms with van der Waals surface area (Å²) < 4.78 is 0. The third-order valence-corrected chi connectivity index (χ3v) is 4.97. The van der Waals surface area contributed by atoms with Crippen LogP contribution in [0.25, 0.3) is 10.9 Å². The molecule has 0 amide bonds. The van der Waals surface area contributed by atoms with Gasteiger partial charge in [-0.15, -0.1) is 0 Å². The lowest BCUT2D eigenvalue weighted by atomic mass is 9.68. The minimum atomic E-state index is 0.322. The molecule has 0 saturated heterocycles. The average molecular weight is 257 g/mol. The van der Waals surface area contributed by atoms with Crippen molar-refractivity contribution in [3.05, 3.63) is 35.5 Å². The lowest BCUT2D eigenvalue weighted by Gasteiger charge is -2.36. The van der Waals surface area contributed by atoms with E-state index in [0.717, 1.165) is 19.3 Å². The maximum atomic E-state index is 9.13. The molecule has 0 saturated carbocycles. The quantitative estimate of drug-likeness (QED) is 0.858. The topological polar surface area (TPSA) is 36.0 Å². The number of hydrogen-bond donors (Lipinski definition) is 2. The van der Waals surface area contributed by atoms with Gasteiger partial charge in [-0.3, -0.25) is 0 Å². The van der Waals surface area contributed by atoms with Crippen LogP contribution < -0.4 is 0 Å². The molecule has 1 aliphatic rings. The van der Waals surface area contributed by atoms with Crippen LogP contribution in [0.5, 0.6) is 0 Å². The molecule has 0 fully saturated rings. The number of benzene rings is 1. The number of rotatable bonds is 4. The minimum Gasteiger partial charge on any atom is -0.396 e. The van der Waals surface area contributed by atoms with Crippen LogP contribution in [0.4, 0.5) is 0 Å². The molecule has 1 unspecified atom stereocenters. The minimum absolute atomic E-state index is 0.322. The van der Waals surface area contributed by atoms with Crippen LogP contribution in [0.1, 0.15) is 43.9 Å². The van der Waals surface area contributed by atoms with E-state index in [9.17, 15) is 0 Å². The number of H-pyrrole nitrogens is 1. The third kappa shape index (κ3) is 2.18. The van der Waals surface area contributed by atoms with Crippen molar-refractivity contribution < 1.29 is 5.11 Å². The Kier molecular flexibility index (Phi) is 3.36. The van der Waals surface area contributed by atoms with Gasteiger partial charge in [-0.25, -0.2) is 0 Å². The molecule has 0 spiro atoms. The molecule has 3 rings (SSSR count). The van der Waals surface area contributed by atoms with E-state index in [1.54, 1.807) is 0 Å². The van der Waals surface area contributed by atoms with Crippen molar-refractivity contribution in [2.24, 2.45) is 5.41 Å². The number of nitrogens with one attached hydrogen (secondary N) is 1. The first-order valence-corrected chi connectivity index (χ1v) is 7.47. The number of aromatic nitrogens is 1. The van der Waals surface area contributed by atoms with Gasteiger partial charge in [-0.2, -0.15) is 0 Å².